The van der Waals surface area contributed by atoms with Crippen molar-refractivity contribution in [1.29, 1.82) is 0 Å². The molecule has 1 aliphatic rings. The molecule has 4 heterocycles. The van der Waals surface area contributed by atoms with E-state index < -0.39 is 0 Å². The molecule has 1 fully saturated rings. The molecule has 4 N–H and O–H groups in total. The second-order valence-electron chi connectivity index (χ2n) is 9.69. The summed E-state index contributed by atoms with van der Waals surface area (Å²) in [7, 11) is 0. The number of phenols is 2. The number of nitrogens with two attached hydrogens (primary N) is 1. The van der Waals surface area contributed by atoms with E-state index in [2.05, 4.69) is 16.7 Å². The van der Waals surface area contributed by atoms with Gasteiger partial charge in [-0.05, 0) is 43.4 Å². The zero-order valence-electron chi connectivity index (χ0n) is 21.1. The highest BCUT2D eigenvalue weighted by atomic mass is 16.3. The van der Waals surface area contributed by atoms with Crippen LogP contribution in [0.25, 0.3) is 32.7 Å². The molecule has 0 aliphatic carbocycles. The second kappa shape index (κ2) is 9.39. The first kappa shape index (κ1) is 23.8. The first-order valence-corrected chi connectivity index (χ1v) is 12.7. The minimum atomic E-state index is -0.202. The van der Waals surface area contributed by atoms with Crippen molar-refractivity contribution < 1.29 is 10.2 Å². The lowest BCUT2D eigenvalue weighted by Crippen LogP contribution is -2.44. The van der Waals surface area contributed by atoms with E-state index >= 15 is 0 Å². The number of rotatable bonds is 4. The van der Waals surface area contributed by atoms with Gasteiger partial charge in [0.1, 0.15) is 22.5 Å². The summed E-state index contributed by atoms with van der Waals surface area (Å²) in [6, 6.07) is 12.3. The SMILES string of the molecule is CC#CCn1c(N2CCCC(N)C2)nc2ccn(Cc3nc4c(O)ccc(O)c4c4ccccc34)c(=O)c21. The number of benzene rings is 2. The molecule has 1 unspecified atom stereocenters. The molecule has 1 aliphatic heterocycles. The average Bonchev–Trinajstić information content (AvgIpc) is 3.30. The van der Waals surface area contributed by atoms with Crippen LogP contribution in [-0.4, -0.2) is 48.4 Å². The Morgan fingerprint density at radius 3 is 2.66 bits per heavy atom. The molecule has 0 radical (unpaired) electrons. The summed E-state index contributed by atoms with van der Waals surface area (Å²) in [5, 5.41) is 23.1. The molecule has 5 aromatic rings. The number of hydrogen-bond acceptors (Lipinski definition) is 7. The minimum Gasteiger partial charge on any atom is -0.507 e. The first-order valence-electron chi connectivity index (χ1n) is 12.7. The van der Waals surface area contributed by atoms with Gasteiger partial charge in [0.15, 0.2) is 0 Å². The Balaban J connectivity index is 1.52. The molecule has 192 valence electrons. The Morgan fingerprint density at radius 2 is 1.87 bits per heavy atom. The monoisotopic (exact) mass is 508 g/mol. The average molecular weight is 509 g/mol. The molecule has 2 aromatic carbocycles. The van der Waals surface area contributed by atoms with E-state index in [1.165, 1.54) is 12.1 Å². The van der Waals surface area contributed by atoms with Crippen molar-refractivity contribution in [3.63, 3.8) is 0 Å². The van der Waals surface area contributed by atoms with Gasteiger partial charge >= 0.3 is 0 Å². The van der Waals surface area contributed by atoms with Gasteiger partial charge in [0.05, 0.1) is 29.7 Å². The van der Waals surface area contributed by atoms with Crippen LogP contribution in [-0.2, 0) is 13.1 Å². The smallest absolute Gasteiger partial charge is 0.277 e. The molecule has 9 heteroatoms. The number of imidazole rings is 1. The maximum absolute atomic E-state index is 13.9. The zero-order valence-corrected chi connectivity index (χ0v) is 21.1. The fourth-order valence-corrected chi connectivity index (χ4v) is 5.41. The highest BCUT2D eigenvalue weighted by Gasteiger charge is 2.24. The van der Waals surface area contributed by atoms with E-state index in [9.17, 15) is 15.0 Å². The second-order valence-corrected chi connectivity index (χ2v) is 9.69. The molecule has 9 nitrogen and oxygen atoms in total. The number of phenolic OH excluding ortho intramolecular Hbond substituents is 2. The maximum atomic E-state index is 13.9. The highest BCUT2D eigenvalue weighted by molar-refractivity contribution is 6.11. The zero-order chi connectivity index (χ0) is 26.4. The van der Waals surface area contributed by atoms with Gasteiger partial charge in [0, 0.05) is 30.7 Å². The van der Waals surface area contributed by atoms with Gasteiger partial charge in [0.2, 0.25) is 5.95 Å². The third kappa shape index (κ3) is 3.90. The third-order valence-corrected chi connectivity index (χ3v) is 7.21. The summed E-state index contributed by atoms with van der Waals surface area (Å²) < 4.78 is 3.49. The van der Waals surface area contributed by atoms with Crippen LogP contribution in [0.3, 0.4) is 0 Å². The van der Waals surface area contributed by atoms with Gasteiger partial charge in [-0.3, -0.25) is 9.36 Å². The van der Waals surface area contributed by atoms with Gasteiger partial charge in [0.25, 0.3) is 5.56 Å². The molecular weight excluding hydrogens is 480 g/mol. The predicted octanol–water partition coefficient (Wildman–Crippen LogP) is 3.31. The van der Waals surface area contributed by atoms with E-state index in [1.807, 2.05) is 34.9 Å². The number of pyridine rings is 2. The van der Waals surface area contributed by atoms with Crippen LogP contribution in [0.4, 0.5) is 5.95 Å². The van der Waals surface area contributed by atoms with E-state index in [4.69, 9.17) is 15.7 Å². The van der Waals surface area contributed by atoms with Crippen molar-refractivity contribution in [2.24, 2.45) is 5.73 Å². The number of aromatic nitrogens is 4. The molecule has 38 heavy (non-hydrogen) atoms. The van der Waals surface area contributed by atoms with E-state index in [1.54, 1.807) is 17.7 Å². The van der Waals surface area contributed by atoms with Crippen LogP contribution in [0.1, 0.15) is 25.5 Å². The van der Waals surface area contributed by atoms with Gasteiger partial charge in [-0.15, -0.1) is 5.92 Å². The fourth-order valence-electron chi connectivity index (χ4n) is 5.41. The summed E-state index contributed by atoms with van der Waals surface area (Å²) in [4.78, 5) is 25.6. The van der Waals surface area contributed by atoms with Gasteiger partial charge in [-0.1, -0.05) is 30.2 Å². The molecular formula is C29H28N6O3. The van der Waals surface area contributed by atoms with Crippen LogP contribution in [0, 0.1) is 11.8 Å². The standard InChI is InChI=1S/C29H28N6O3/c1-2-3-14-35-27-21(32-29(35)34-13-6-7-18(30)16-34)12-15-33(28(27)38)17-22-19-8-4-5-9-20(19)25-23(36)10-11-24(37)26(25)31-22/h4-5,8-12,15,18,36-37H,6-7,13-14,16-17,30H2,1H3. The van der Waals surface area contributed by atoms with Crippen molar-refractivity contribution in [3.8, 4) is 23.3 Å². The summed E-state index contributed by atoms with van der Waals surface area (Å²) >= 11 is 0. The van der Waals surface area contributed by atoms with Crippen LogP contribution < -0.4 is 16.2 Å². The maximum Gasteiger partial charge on any atom is 0.277 e. The summed E-state index contributed by atoms with van der Waals surface area (Å²) in [5.74, 6) is 6.73. The normalized spacial score (nSPS) is 15.7. The predicted molar refractivity (Wildman–Crippen MR) is 149 cm³/mol. The molecule has 3 aromatic heterocycles. The van der Waals surface area contributed by atoms with E-state index in [-0.39, 0.29) is 29.6 Å². The molecule has 0 amide bonds. The topological polar surface area (TPSA) is 122 Å². The molecule has 0 saturated carbocycles. The van der Waals surface area contributed by atoms with Crippen LogP contribution >= 0.6 is 0 Å². The Kier molecular flexibility index (Phi) is 5.89. The van der Waals surface area contributed by atoms with E-state index in [0.29, 0.717) is 46.7 Å². The number of anilines is 1. The van der Waals surface area contributed by atoms with E-state index in [0.717, 1.165) is 30.2 Å². The summed E-state index contributed by atoms with van der Waals surface area (Å²) in [6.45, 7) is 3.80. The fraction of sp³-hybridized carbons (Fsp3) is 0.276. The lowest BCUT2D eigenvalue weighted by Gasteiger charge is -2.31. The molecule has 0 bridgehead atoms. The Hall–Kier alpha value is -4.55. The Labute approximate surface area is 218 Å². The first-order chi connectivity index (χ1) is 18.5. The Morgan fingerprint density at radius 1 is 1.08 bits per heavy atom. The largest absolute Gasteiger partial charge is 0.507 e. The number of nitrogens with zero attached hydrogens (tertiary/aromatic N) is 5. The van der Waals surface area contributed by atoms with Crippen LogP contribution in [0.5, 0.6) is 11.5 Å². The third-order valence-electron chi connectivity index (χ3n) is 7.21. The van der Waals surface area contributed by atoms with Gasteiger partial charge in [-0.2, -0.15) is 0 Å². The highest BCUT2D eigenvalue weighted by Crippen LogP contribution is 2.37. The number of aromatic hydroxyl groups is 2. The molecule has 1 saturated heterocycles. The number of fused-ring (bicyclic) bond motifs is 4. The van der Waals surface area contributed by atoms with Crippen molar-refractivity contribution in [1.82, 2.24) is 19.1 Å². The Bertz CT molecular complexity index is 1830. The van der Waals surface area contributed by atoms with Crippen molar-refractivity contribution >= 4 is 38.7 Å². The number of piperidine rings is 1. The molecule has 1 atom stereocenters. The van der Waals surface area contributed by atoms with Crippen molar-refractivity contribution in [3.05, 3.63) is 64.7 Å². The summed E-state index contributed by atoms with van der Waals surface area (Å²) in [6.07, 6.45) is 3.66. The van der Waals surface area contributed by atoms with Crippen molar-refractivity contribution in [2.75, 3.05) is 18.0 Å². The quantitative estimate of drug-likeness (QED) is 0.193. The van der Waals surface area contributed by atoms with Gasteiger partial charge in [-0.25, -0.2) is 9.97 Å². The summed E-state index contributed by atoms with van der Waals surface area (Å²) in [5.41, 5.74) is 8.03. The molecule has 6 rings (SSSR count). The van der Waals surface area contributed by atoms with Crippen LogP contribution in [0.15, 0.2) is 53.5 Å². The molecule has 0 spiro atoms. The minimum absolute atomic E-state index is 0.0341. The number of hydrogen-bond donors (Lipinski definition) is 3. The lowest BCUT2D eigenvalue weighted by molar-refractivity contribution is 0.468. The van der Waals surface area contributed by atoms with Crippen molar-refractivity contribution in [2.45, 2.75) is 38.9 Å². The van der Waals surface area contributed by atoms with Crippen LogP contribution in [0.2, 0.25) is 0 Å². The lowest BCUT2D eigenvalue weighted by atomic mass is 10.0. The van der Waals surface area contributed by atoms with Gasteiger partial charge < -0.3 is 25.4 Å².